The zero-order valence-electron chi connectivity index (χ0n) is 15.9. The van der Waals surface area contributed by atoms with Crippen molar-refractivity contribution in [3.8, 4) is 0 Å². The standard InChI is InChI=1S/C21H28ClN3S2/c1-17-15-18(8-9-20(17)22)23-21(26)25(16-19-7-6-14-27-19)13-12-24-10-4-2-3-5-11-24/h6-9,14-15H,2-5,10-13,16H2,1H3,(H,23,26). The average Bonchev–Trinajstić information content (AvgIpc) is 3.03. The molecule has 1 aromatic carbocycles. The van der Waals surface area contributed by atoms with Gasteiger partial charge in [0.05, 0.1) is 6.54 Å². The number of benzene rings is 1. The third-order valence-electron chi connectivity index (χ3n) is 5.01. The lowest BCUT2D eigenvalue weighted by Gasteiger charge is -2.29. The minimum atomic E-state index is 0.778. The highest BCUT2D eigenvalue weighted by Gasteiger charge is 2.15. The Kier molecular flexibility index (Phi) is 7.94. The van der Waals surface area contributed by atoms with Crippen molar-refractivity contribution in [2.24, 2.45) is 0 Å². The molecule has 1 fully saturated rings. The molecule has 1 aliphatic rings. The van der Waals surface area contributed by atoms with Crippen LogP contribution in [0.15, 0.2) is 35.7 Å². The first-order valence-corrected chi connectivity index (χ1v) is 11.4. The van der Waals surface area contributed by atoms with Crippen LogP contribution in [0.2, 0.25) is 5.02 Å². The number of thiophene rings is 1. The molecule has 0 radical (unpaired) electrons. The van der Waals surface area contributed by atoms with E-state index in [1.165, 1.54) is 43.6 Å². The maximum Gasteiger partial charge on any atom is 0.173 e. The van der Waals surface area contributed by atoms with Crippen molar-refractivity contribution >= 4 is 46.0 Å². The number of aryl methyl sites for hydroxylation is 1. The van der Waals surface area contributed by atoms with Gasteiger partial charge in [0.1, 0.15) is 0 Å². The highest BCUT2D eigenvalue weighted by molar-refractivity contribution is 7.80. The first kappa shape index (κ1) is 20.6. The van der Waals surface area contributed by atoms with Crippen molar-refractivity contribution in [1.82, 2.24) is 9.80 Å². The van der Waals surface area contributed by atoms with E-state index in [1.54, 1.807) is 11.3 Å². The van der Waals surface area contributed by atoms with Gasteiger partial charge in [-0.3, -0.25) is 0 Å². The van der Waals surface area contributed by atoms with Gasteiger partial charge in [-0.05, 0) is 80.3 Å². The maximum absolute atomic E-state index is 6.15. The fraction of sp³-hybridized carbons (Fsp3) is 0.476. The van der Waals surface area contributed by atoms with Crippen LogP contribution in [-0.4, -0.2) is 41.1 Å². The molecule has 3 nitrogen and oxygen atoms in total. The predicted octanol–water partition coefficient (Wildman–Crippen LogP) is 5.78. The number of hydrogen-bond donors (Lipinski definition) is 1. The third kappa shape index (κ3) is 6.46. The molecule has 0 unspecified atom stereocenters. The highest BCUT2D eigenvalue weighted by atomic mass is 35.5. The molecular weight excluding hydrogens is 394 g/mol. The second kappa shape index (κ2) is 10.4. The largest absolute Gasteiger partial charge is 0.343 e. The smallest absolute Gasteiger partial charge is 0.173 e. The summed E-state index contributed by atoms with van der Waals surface area (Å²) >= 11 is 13.7. The summed E-state index contributed by atoms with van der Waals surface area (Å²) in [6.45, 7) is 7.29. The van der Waals surface area contributed by atoms with E-state index >= 15 is 0 Å². The van der Waals surface area contributed by atoms with Gasteiger partial charge in [0, 0.05) is 28.7 Å². The Balaban J connectivity index is 1.64. The summed E-state index contributed by atoms with van der Waals surface area (Å²) in [5, 5.41) is 7.09. The monoisotopic (exact) mass is 421 g/mol. The van der Waals surface area contributed by atoms with Gasteiger partial charge in [-0.1, -0.05) is 30.5 Å². The zero-order chi connectivity index (χ0) is 19.1. The fourth-order valence-corrected chi connectivity index (χ4v) is 4.50. The number of likely N-dealkylation sites (tertiary alicyclic amines) is 1. The molecule has 146 valence electrons. The van der Waals surface area contributed by atoms with Gasteiger partial charge >= 0.3 is 0 Å². The first-order valence-electron chi connectivity index (χ1n) is 9.68. The molecule has 0 amide bonds. The second-order valence-electron chi connectivity index (χ2n) is 7.15. The molecule has 3 rings (SSSR count). The van der Waals surface area contributed by atoms with E-state index in [9.17, 15) is 0 Å². The molecule has 0 spiro atoms. The molecule has 1 N–H and O–H groups in total. The Labute approximate surface area is 177 Å². The Bertz CT molecular complexity index is 725. The van der Waals surface area contributed by atoms with Crippen LogP contribution in [0.25, 0.3) is 0 Å². The molecule has 1 saturated heterocycles. The Hall–Kier alpha value is -1.14. The molecule has 1 aromatic heterocycles. The summed E-state index contributed by atoms with van der Waals surface area (Å²) in [6, 6.07) is 10.2. The Morgan fingerprint density at radius 2 is 2.00 bits per heavy atom. The van der Waals surface area contributed by atoms with E-state index in [-0.39, 0.29) is 0 Å². The lowest BCUT2D eigenvalue weighted by molar-refractivity contribution is 0.253. The van der Waals surface area contributed by atoms with Crippen LogP contribution in [-0.2, 0) is 6.54 Å². The third-order valence-corrected chi connectivity index (χ3v) is 6.65. The number of rotatable bonds is 6. The van der Waals surface area contributed by atoms with E-state index in [2.05, 4.69) is 32.6 Å². The van der Waals surface area contributed by atoms with Gasteiger partial charge in [-0.15, -0.1) is 11.3 Å². The SMILES string of the molecule is Cc1cc(NC(=S)N(CCN2CCCCCC2)Cc2cccs2)ccc1Cl. The van der Waals surface area contributed by atoms with Crippen LogP contribution in [0.4, 0.5) is 5.69 Å². The lowest BCUT2D eigenvalue weighted by Crippen LogP contribution is -2.40. The molecule has 6 heteroatoms. The quantitative estimate of drug-likeness (QED) is 0.595. The summed E-state index contributed by atoms with van der Waals surface area (Å²) < 4.78 is 0. The molecule has 1 aliphatic heterocycles. The number of hydrogen-bond acceptors (Lipinski definition) is 3. The van der Waals surface area contributed by atoms with E-state index < -0.39 is 0 Å². The zero-order valence-corrected chi connectivity index (χ0v) is 18.3. The van der Waals surface area contributed by atoms with Crippen molar-refractivity contribution in [2.75, 3.05) is 31.5 Å². The highest BCUT2D eigenvalue weighted by Crippen LogP contribution is 2.20. The molecule has 27 heavy (non-hydrogen) atoms. The Morgan fingerprint density at radius 3 is 2.67 bits per heavy atom. The van der Waals surface area contributed by atoms with Crippen molar-refractivity contribution < 1.29 is 0 Å². The fourth-order valence-electron chi connectivity index (χ4n) is 3.39. The summed E-state index contributed by atoms with van der Waals surface area (Å²) in [7, 11) is 0. The first-order chi connectivity index (χ1) is 13.1. The molecule has 0 bridgehead atoms. The van der Waals surface area contributed by atoms with Crippen molar-refractivity contribution in [3.05, 3.63) is 51.2 Å². The molecule has 0 atom stereocenters. The van der Waals surface area contributed by atoms with Gasteiger partial charge < -0.3 is 15.1 Å². The molecule has 2 aromatic rings. The van der Waals surface area contributed by atoms with Crippen LogP contribution in [0, 0.1) is 6.92 Å². The number of anilines is 1. The molecule has 0 aliphatic carbocycles. The van der Waals surface area contributed by atoms with Gasteiger partial charge in [0.15, 0.2) is 5.11 Å². The van der Waals surface area contributed by atoms with Crippen molar-refractivity contribution in [2.45, 2.75) is 39.2 Å². The minimum absolute atomic E-state index is 0.778. The predicted molar refractivity (Wildman–Crippen MR) is 122 cm³/mol. The number of halogens is 1. The van der Waals surface area contributed by atoms with Gasteiger partial charge in [-0.25, -0.2) is 0 Å². The topological polar surface area (TPSA) is 18.5 Å². The normalized spacial score (nSPS) is 15.3. The Morgan fingerprint density at radius 1 is 1.22 bits per heavy atom. The summed E-state index contributed by atoms with van der Waals surface area (Å²) in [6.07, 6.45) is 5.37. The van der Waals surface area contributed by atoms with Crippen LogP contribution in [0.3, 0.4) is 0 Å². The number of thiocarbonyl (C=S) groups is 1. The van der Waals surface area contributed by atoms with E-state index in [0.717, 1.165) is 41.0 Å². The van der Waals surface area contributed by atoms with E-state index in [0.29, 0.717) is 0 Å². The molecule has 0 saturated carbocycles. The van der Waals surface area contributed by atoms with Crippen LogP contribution >= 0.6 is 35.2 Å². The van der Waals surface area contributed by atoms with Crippen molar-refractivity contribution in [3.63, 3.8) is 0 Å². The minimum Gasteiger partial charge on any atom is -0.343 e. The van der Waals surface area contributed by atoms with Crippen molar-refractivity contribution in [1.29, 1.82) is 0 Å². The van der Waals surface area contributed by atoms with Gasteiger partial charge in [0.25, 0.3) is 0 Å². The number of nitrogens with one attached hydrogen (secondary N) is 1. The van der Waals surface area contributed by atoms with Crippen LogP contribution in [0.1, 0.15) is 36.1 Å². The van der Waals surface area contributed by atoms with Crippen LogP contribution in [0.5, 0.6) is 0 Å². The summed E-state index contributed by atoms with van der Waals surface area (Å²) in [5.41, 5.74) is 2.05. The average molecular weight is 422 g/mol. The maximum atomic E-state index is 6.15. The summed E-state index contributed by atoms with van der Waals surface area (Å²) in [4.78, 5) is 6.21. The molecular formula is C21H28ClN3S2. The lowest BCUT2D eigenvalue weighted by atomic mass is 10.2. The van der Waals surface area contributed by atoms with Gasteiger partial charge in [0.2, 0.25) is 0 Å². The van der Waals surface area contributed by atoms with E-state index in [4.69, 9.17) is 23.8 Å². The molecule has 2 heterocycles. The van der Waals surface area contributed by atoms with Crippen LogP contribution < -0.4 is 5.32 Å². The summed E-state index contributed by atoms with van der Waals surface area (Å²) in [5.74, 6) is 0. The number of nitrogens with zero attached hydrogens (tertiary/aromatic N) is 2. The van der Waals surface area contributed by atoms with Gasteiger partial charge in [-0.2, -0.15) is 0 Å². The van der Waals surface area contributed by atoms with E-state index in [1.807, 2.05) is 25.1 Å². The second-order valence-corrected chi connectivity index (χ2v) is 8.98.